The Bertz CT molecular complexity index is 660. The summed E-state index contributed by atoms with van der Waals surface area (Å²) in [5.41, 5.74) is 17.9. The molecule has 2 rings (SSSR count). The van der Waals surface area contributed by atoms with Gasteiger partial charge in [0.05, 0.1) is 24.6 Å². The first-order valence-electron chi connectivity index (χ1n) is 8.54. The molecule has 146 valence electrons. The minimum absolute atomic E-state index is 0. The molecule has 0 saturated carbocycles. The van der Waals surface area contributed by atoms with Gasteiger partial charge in [0.2, 0.25) is 0 Å². The molecular weight excluding hydrogens is 371 g/mol. The summed E-state index contributed by atoms with van der Waals surface area (Å²) in [5, 5.41) is 0. The minimum Gasteiger partial charge on any atom is -0.491 e. The topological polar surface area (TPSA) is 70.5 Å². The van der Waals surface area contributed by atoms with Crippen LogP contribution in [-0.2, 0) is 0 Å². The molecule has 0 saturated heterocycles. The van der Waals surface area contributed by atoms with Gasteiger partial charge in [-0.2, -0.15) is 0 Å². The number of nitrogen functional groups attached to an aromatic ring is 2. The van der Waals surface area contributed by atoms with Gasteiger partial charge in [-0.05, 0) is 73.2 Å². The first-order chi connectivity index (χ1) is 11.5. The summed E-state index contributed by atoms with van der Waals surface area (Å²) in [4.78, 5) is 0. The van der Waals surface area contributed by atoms with Gasteiger partial charge in [0.1, 0.15) is 11.5 Å². The highest BCUT2D eigenvalue weighted by atomic mass is 35.5. The predicted molar refractivity (Wildman–Crippen MR) is 116 cm³/mol. The first-order valence-corrected chi connectivity index (χ1v) is 8.54. The zero-order valence-electron chi connectivity index (χ0n) is 15.9. The summed E-state index contributed by atoms with van der Waals surface area (Å²) in [5.74, 6) is 1.45. The monoisotopic (exact) mass is 400 g/mol. The van der Waals surface area contributed by atoms with Crippen LogP contribution < -0.4 is 20.9 Å². The first kappa shape index (κ1) is 24.2. The van der Waals surface area contributed by atoms with Crippen molar-refractivity contribution in [2.45, 2.75) is 40.5 Å². The molecule has 0 atom stereocenters. The van der Waals surface area contributed by atoms with Crippen molar-refractivity contribution in [1.82, 2.24) is 0 Å². The summed E-state index contributed by atoms with van der Waals surface area (Å²) in [6.45, 7) is 9.56. The molecule has 4 nitrogen and oxygen atoms in total. The van der Waals surface area contributed by atoms with Crippen LogP contribution in [0.1, 0.15) is 37.8 Å². The van der Waals surface area contributed by atoms with E-state index in [1.807, 2.05) is 24.3 Å². The van der Waals surface area contributed by atoms with Crippen LogP contribution in [0.5, 0.6) is 11.5 Å². The van der Waals surface area contributed by atoms with Crippen LogP contribution in [0.15, 0.2) is 24.3 Å². The fourth-order valence-electron chi connectivity index (χ4n) is 2.68. The molecule has 0 bridgehead atoms. The lowest BCUT2D eigenvalue weighted by atomic mass is 9.95. The maximum absolute atomic E-state index is 6.10. The maximum atomic E-state index is 6.10. The molecule has 0 aliphatic rings. The number of rotatable bonds is 7. The molecule has 0 amide bonds. The normalized spacial score (nSPS) is 9.85. The van der Waals surface area contributed by atoms with Crippen molar-refractivity contribution in [3.63, 3.8) is 0 Å². The lowest BCUT2D eigenvalue weighted by Gasteiger charge is -2.17. The molecule has 26 heavy (non-hydrogen) atoms. The van der Waals surface area contributed by atoms with Crippen LogP contribution in [0.2, 0.25) is 0 Å². The average Bonchev–Trinajstić information content (AvgIpc) is 2.54. The molecule has 0 unspecified atom stereocenters. The summed E-state index contributed by atoms with van der Waals surface area (Å²) >= 11 is 0. The third-order valence-corrected chi connectivity index (χ3v) is 3.93. The Morgan fingerprint density at radius 1 is 0.692 bits per heavy atom. The number of benzene rings is 2. The second-order valence-corrected chi connectivity index (χ2v) is 6.11. The van der Waals surface area contributed by atoms with Gasteiger partial charge < -0.3 is 20.9 Å². The summed E-state index contributed by atoms with van der Waals surface area (Å²) in [7, 11) is 0. The molecule has 0 aromatic heterocycles. The van der Waals surface area contributed by atoms with Gasteiger partial charge >= 0.3 is 0 Å². The van der Waals surface area contributed by atoms with Crippen LogP contribution in [-0.4, -0.2) is 13.2 Å². The van der Waals surface area contributed by atoms with Gasteiger partial charge in [0.15, 0.2) is 0 Å². The molecule has 2 aromatic rings. The molecule has 6 heteroatoms. The third-order valence-electron chi connectivity index (χ3n) is 3.93. The van der Waals surface area contributed by atoms with Crippen molar-refractivity contribution in [3.8, 4) is 22.6 Å². The van der Waals surface area contributed by atoms with Crippen LogP contribution in [0.3, 0.4) is 0 Å². The quantitative estimate of drug-likeness (QED) is 0.596. The highest BCUT2D eigenvalue weighted by molar-refractivity contribution is 5.85. The van der Waals surface area contributed by atoms with Crippen molar-refractivity contribution in [1.29, 1.82) is 0 Å². The molecule has 0 aliphatic carbocycles. The lowest BCUT2D eigenvalue weighted by Crippen LogP contribution is -2.02. The highest BCUT2D eigenvalue weighted by Crippen LogP contribution is 2.37. The van der Waals surface area contributed by atoms with Gasteiger partial charge in [-0.15, -0.1) is 24.8 Å². The van der Waals surface area contributed by atoms with E-state index in [0.717, 1.165) is 46.6 Å². The Hall–Kier alpha value is -1.78. The third kappa shape index (κ3) is 5.61. The second-order valence-electron chi connectivity index (χ2n) is 6.11. The summed E-state index contributed by atoms with van der Waals surface area (Å²) in [6.07, 6.45) is 1.89. The molecule has 0 spiro atoms. The van der Waals surface area contributed by atoms with Crippen molar-refractivity contribution in [3.05, 3.63) is 35.4 Å². The Kier molecular flexibility index (Phi) is 10.3. The zero-order valence-corrected chi connectivity index (χ0v) is 17.6. The molecule has 2 aromatic carbocycles. The van der Waals surface area contributed by atoms with Gasteiger partial charge in [-0.3, -0.25) is 0 Å². The number of nitrogens with two attached hydrogens (primary N) is 2. The van der Waals surface area contributed by atoms with E-state index >= 15 is 0 Å². The Balaban J connectivity index is 0.00000312. The van der Waals surface area contributed by atoms with Crippen LogP contribution in [0, 0.1) is 13.8 Å². The molecule has 0 radical (unpaired) electrons. The largest absolute Gasteiger partial charge is 0.491 e. The lowest BCUT2D eigenvalue weighted by molar-refractivity contribution is 0.318. The molecule has 4 N–H and O–H groups in total. The van der Waals surface area contributed by atoms with E-state index in [1.54, 1.807) is 0 Å². The van der Waals surface area contributed by atoms with E-state index in [2.05, 4.69) is 27.7 Å². The standard InChI is InChI=1S/C20H28N2O2.2ClH/c1-5-7-23-19-11-15(13(3)9-17(19)21)16-12-20(24-8-6-2)18(22)10-14(16)4;;/h9-12H,5-8,21-22H2,1-4H3;2*1H. The number of aryl methyl sites for hydroxylation is 2. The van der Waals surface area contributed by atoms with Gasteiger partial charge in [-0.25, -0.2) is 0 Å². The molecular formula is C20H30Cl2N2O2. The number of anilines is 2. The molecule has 0 fully saturated rings. The average molecular weight is 401 g/mol. The summed E-state index contributed by atoms with van der Waals surface area (Å²) in [6, 6.07) is 7.95. The number of ether oxygens (including phenoxy) is 2. The van der Waals surface area contributed by atoms with E-state index in [9.17, 15) is 0 Å². The smallest absolute Gasteiger partial charge is 0.142 e. The molecule has 0 aliphatic heterocycles. The highest BCUT2D eigenvalue weighted by Gasteiger charge is 2.13. The predicted octanol–water partition coefficient (Wildman–Crippen LogP) is 5.56. The van der Waals surface area contributed by atoms with Crippen molar-refractivity contribution in [2.75, 3.05) is 24.7 Å². The SMILES string of the molecule is CCCOc1cc(-c2cc(OCCC)c(N)cc2C)c(C)cc1N.Cl.Cl. The Morgan fingerprint density at radius 3 is 1.35 bits per heavy atom. The van der Waals surface area contributed by atoms with Crippen LogP contribution in [0.25, 0.3) is 11.1 Å². The maximum Gasteiger partial charge on any atom is 0.142 e. The van der Waals surface area contributed by atoms with E-state index in [0.29, 0.717) is 24.6 Å². The van der Waals surface area contributed by atoms with Gasteiger partial charge in [0, 0.05) is 0 Å². The van der Waals surface area contributed by atoms with Gasteiger partial charge in [0.25, 0.3) is 0 Å². The number of hydrogen-bond donors (Lipinski definition) is 2. The number of hydrogen-bond acceptors (Lipinski definition) is 4. The van der Waals surface area contributed by atoms with E-state index in [-0.39, 0.29) is 24.8 Å². The van der Waals surface area contributed by atoms with Crippen molar-refractivity contribution < 1.29 is 9.47 Å². The number of halogens is 2. The fraction of sp³-hybridized carbons (Fsp3) is 0.400. The Labute approximate surface area is 169 Å². The van der Waals surface area contributed by atoms with Crippen LogP contribution >= 0.6 is 24.8 Å². The van der Waals surface area contributed by atoms with Crippen LogP contribution in [0.4, 0.5) is 11.4 Å². The molecule has 0 heterocycles. The van der Waals surface area contributed by atoms with Crippen molar-refractivity contribution >= 4 is 36.2 Å². The van der Waals surface area contributed by atoms with Crippen molar-refractivity contribution in [2.24, 2.45) is 0 Å². The van der Waals surface area contributed by atoms with E-state index in [1.165, 1.54) is 0 Å². The van der Waals surface area contributed by atoms with E-state index in [4.69, 9.17) is 20.9 Å². The van der Waals surface area contributed by atoms with Gasteiger partial charge in [-0.1, -0.05) is 13.8 Å². The van der Waals surface area contributed by atoms with E-state index < -0.39 is 0 Å². The summed E-state index contributed by atoms with van der Waals surface area (Å²) < 4.78 is 11.6. The fourth-order valence-corrected chi connectivity index (χ4v) is 2.68. The zero-order chi connectivity index (χ0) is 17.7. The minimum atomic E-state index is 0. The second kappa shape index (κ2) is 11.0. The Morgan fingerprint density at radius 2 is 1.04 bits per heavy atom.